The highest BCUT2D eigenvalue weighted by Gasteiger charge is 2.34. The summed E-state index contributed by atoms with van der Waals surface area (Å²) in [7, 11) is 0. The molecule has 2 unspecified atom stereocenters. The predicted molar refractivity (Wildman–Crippen MR) is 66.4 cm³/mol. The van der Waals surface area contributed by atoms with Crippen molar-refractivity contribution in [1.82, 2.24) is 0 Å². The van der Waals surface area contributed by atoms with Gasteiger partial charge in [0.15, 0.2) is 0 Å². The quantitative estimate of drug-likeness (QED) is 0.837. The van der Waals surface area contributed by atoms with Crippen LogP contribution in [0.3, 0.4) is 0 Å². The minimum atomic E-state index is -0.00773. The molecule has 2 heterocycles. The molecule has 17 heavy (non-hydrogen) atoms. The van der Waals surface area contributed by atoms with Crippen LogP contribution in [0.1, 0.15) is 30.9 Å². The van der Waals surface area contributed by atoms with Crippen LogP contribution in [0.25, 0.3) is 0 Å². The molecule has 1 aromatic carbocycles. The lowest BCUT2D eigenvalue weighted by molar-refractivity contribution is -0.00194. The standard InChI is InChI=1S/C13H16ClNO2/c14-8-3-4-11-9(6-8)10(15)7-13(17-11)12-2-1-5-16-12/h3-4,6,10,12-13H,1-2,5,7,15H2/t10-,12?,13?/m1/s1. The maximum Gasteiger partial charge on any atom is 0.127 e. The average Bonchev–Trinajstić information content (AvgIpc) is 2.83. The van der Waals surface area contributed by atoms with E-state index in [1.807, 2.05) is 18.2 Å². The summed E-state index contributed by atoms with van der Waals surface area (Å²) in [5, 5.41) is 0.707. The number of hydrogen-bond acceptors (Lipinski definition) is 3. The summed E-state index contributed by atoms with van der Waals surface area (Å²) in [6.45, 7) is 0.841. The Labute approximate surface area is 106 Å². The largest absolute Gasteiger partial charge is 0.487 e. The Morgan fingerprint density at radius 3 is 2.94 bits per heavy atom. The Kier molecular flexibility index (Phi) is 2.99. The highest BCUT2D eigenvalue weighted by atomic mass is 35.5. The van der Waals surface area contributed by atoms with Crippen LogP contribution in [0.4, 0.5) is 0 Å². The minimum absolute atomic E-state index is 0.00773. The molecule has 0 saturated carbocycles. The lowest BCUT2D eigenvalue weighted by Crippen LogP contribution is -2.38. The topological polar surface area (TPSA) is 44.5 Å². The van der Waals surface area contributed by atoms with E-state index >= 15 is 0 Å². The smallest absolute Gasteiger partial charge is 0.127 e. The maximum absolute atomic E-state index is 6.18. The van der Waals surface area contributed by atoms with E-state index in [9.17, 15) is 0 Å². The third kappa shape index (κ3) is 2.15. The molecular formula is C13H16ClNO2. The third-order valence-electron chi connectivity index (χ3n) is 3.52. The second kappa shape index (κ2) is 4.48. The van der Waals surface area contributed by atoms with Crippen molar-refractivity contribution in [2.24, 2.45) is 5.73 Å². The van der Waals surface area contributed by atoms with Crippen LogP contribution in [0.15, 0.2) is 18.2 Å². The van der Waals surface area contributed by atoms with Crippen molar-refractivity contribution in [3.05, 3.63) is 28.8 Å². The monoisotopic (exact) mass is 253 g/mol. The van der Waals surface area contributed by atoms with Crippen LogP contribution in [0.2, 0.25) is 5.02 Å². The average molecular weight is 254 g/mol. The molecule has 1 fully saturated rings. The summed E-state index contributed by atoms with van der Waals surface area (Å²) < 4.78 is 11.7. The molecule has 3 nitrogen and oxygen atoms in total. The SMILES string of the molecule is N[C@@H]1CC(C2CCCO2)Oc2ccc(Cl)cc21. The van der Waals surface area contributed by atoms with Crippen molar-refractivity contribution in [3.63, 3.8) is 0 Å². The van der Waals surface area contributed by atoms with Gasteiger partial charge in [0.25, 0.3) is 0 Å². The van der Waals surface area contributed by atoms with Gasteiger partial charge < -0.3 is 15.2 Å². The number of halogens is 1. The van der Waals surface area contributed by atoms with Gasteiger partial charge in [0.05, 0.1) is 6.10 Å². The van der Waals surface area contributed by atoms with Crippen molar-refractivity contribution in [1.29, 1.82) is 0 Å². The highest BCUT2D eigenvalue weighted by molar-refractivity contribution is 6.30. The molecule has 3 atom stereocenters. The molecule has 2 N–H and O–H groups in total. The molecule has 0 radical (unpaired) electrons. The highest BCUT2D eigenvalue weighted by Crippen LogP contribution is 2.37. The van der Waals surface area contributed by atoms with Crippen molar-refractivity contribution < 1.29 is 9.47 Å². The van der Waals surface area contributed by atoms with Crippen LogP contribution < -0.4 is 10.5 Å². The fourth-order valence-electron chi connectivity index (χ4n) is 2.63. The first-order valence-corrected chi connectivity index (χ1v) is 6.45. The molecule has 0 bridgehead atoms. The van der Waals surface area contributed by atoms with E-state index in [-0.39, 0.29) is 18.2 Å². The summed E-state index contributed by atoms with van der Waals surface area (Å²) in [5.41, 5.74) is 7.19. The van der Waals surface area contributed by atoms with E-state index in [1.54, 1.807) is 0 Å². The molecular weight excluding hydrogens is 238 g/mol. The van der Waals surface area contributed by atoms with Gasteiger partial charge in [-0.25, -0.2) is 0 Å². The van der Waals surface area contributed by atoms with E-state index in [4.69, 9.17) is 26.8 Å². The lowest BCUT2D eigenvalue weighted by Gasteiger charge is -2.33. The number of nitrogens with two attached hydrogens (primary N) is 1. The van der Waals surface area contributed by atoms with Crippen molar-refractivity contribution in [3.8, 4) is 5.75 Å². The summed E-state index contributed by atoms with van der Waals surface area (Å²) in [6, 6.07) is 5.63. The molecule has 0 spiro atoms. The van der Waals surface area contributed by atoms with E-state index in [2.05, 4.69) is 0 Å². The van der Waals surface area contributed by atoms with Gasteiger partial charge in [-0.05, 0) is 31.0 Å². The summed E-state index contributed by atoms with van der Waals surface area (Å²) in [4.78, 5) is 0. The molecule has 3 rings (SSSR count). The zero-order chi connectivity index (χ0) is 11.8. The molecule has 2 aliphatic heterocycles. The van der Waals surface area contributed by atoms with Crippen molar-refractivity contribution in [2.75, 3.05) is 6.61 Å². The first kappa shape index (κ1) is 11.3. The molecule has 2 aliphatic rings. The van der Waals surface area contributed by atoms with Crippen LogP contribution >= 0.6 is 11.6 Å². The second-order valence-electron chi connectivity index (χ2n) is 4.73. The van der Waals surface area contributed by atoms with Crippen LogP contribution in [0, 0.1) is 0 Å². The zero-order valence-corrected chi connectivity index (χ0v) is 10.3. The van der Waals surface area contributed by atoms with E-state index < -0.39 is 0 Å². The fourth-order valence-corrected chi connectivity index (χ4v) is 2.81. The molecule has 92 valence electrons. The van der Waals surface area contributed by atoms with Gasteiger partial charge in [-0.2, -0.15) is 0 Å². The van der Waals surface area contributed by atoms with Gasteiger partial charge in [-0.3, -0.25) is 0 Å². The Bertz CT molecular complexity index is 418. The minimum Gasteiger partial charge on any atom is -0.487 e. The third-order valence-corrected chi connectivity index (χ3v) is 3.75. The van der Waals surface area contributed by atoms with Crippen LogP contribution in [0.5, 0.6) is 5.75 Å². The van der Waals surface area contributed by atoms with Gasteiger partial charge in [-0.15, -0.1) is 0 Å². The van der Waals surface area contributed by atoms with Crippen molar-refractivity contribution in [2.45, 2.75) is 37.5 Å². The molecule has 0 amide bonds. The van der Waals surface area contributed by atoms with E-state index in [0.717, 1.165) is 37.2 Å². The number of hydrogen-bond donors (Lipinski definition) is 1. The Balaban J connectivity index is 1.84. The fraction of sp³-hybridized carbons (Fsp3) is 0.538. The maximum atomic E-state index is 6.18. The lowest BCUT2D eigenvalue weighted by atomic mass is 9.94. The van der Waals surface area contributed by atoms with Gasteiger partial charge in [-0.1, -0.05) is 11.6 Å². The second-order valence-corrected chi connectivity index (χ2v) is 5.17. The number of ether oxygens (including phenoxy) is 2. The first-order chi connectivity index (χ1) is 8.24. The zero-order valence-electron chi connectivity index (χ0n) is 9.56. The number of rotatable bonds is 1. The first-order valence-electron chi connectivity index (χ1n) is 6.07. The summed E-state index contributed by atoms with van der Waals surface area (Å²) in [6.07, 6.45) is 3.28. The summed E-state index contributed by atoms with van der Waals surface area (Å²) >= 11 is 5.97. The van der Waals surface area contributed by atoms with Crippen LogP contribution in [-0.4, -0.2) is 18.8 Å². The predicted octanol–water partition coefficient (Wildman–Crippen LogP) is 2.67. The number of fused-ring (bicyclic) bond motifs is 1. The van der Waals surface area contributed by atoms with Gasteiger partial charge in [0.1, 0.15) is 11.9 Å². The van der Waals surface area contributed by atoms with Gasteiger partial charge in [0.2, 0.25) is 0 Å². The number of benzene rings is 1. The van der Waals surface area contributed by atoms with E-state index in [1.165, 1.54) is 0 Å². The Morgan fingerprint density at radius 1 is 1.29 bits per heavy atom. The van der Waals surface area contributed by atoms with E-state index in [0.29, 0.717) is 5.02 Å². The van der Waals surface area contributed by atoms with Crippen LogP contribution in [-0.2, 0) is 4.74 Å². The molecule has 0 aliphatic carbocycles. The molecule has 1 saturated heterocycles. The van der Waals surface area contributed by atoms with Crippen molar-refractivity contribution >= 4 is 11.6 Å². The van der Waals surface area contributed by atoms with Gasteiger partial charge >= 0.3 is 0 Å². The molecule has 0 aromatic heterocycles. The van der Waals surface area contributed by atoms with Gasteiger partial charge in [0, 0.05) is 29.7 Å². The Morgan fingerprint density at radius 2 is 2.18 bits per heavy atom. The normalized spacial score (nSPS) is 32.0. The molecule has 1 aromatic rings. The Hall–Kier alpha value is -0.770. The summed E-state index contributed by atoms with van der Waals surface area (Å²) in [5.74, 6) is 0.855. The molecule has 4 heteroatoms.